The van der Waals surface area contributed by atoms with Crippen molar-refractivity contribution in [2.75, 3.05) is 7.11 Å². The summed E-state index contributed by atoms with van der Waals surface area (Å²) in [6.07, 6.45) is 0.897. The summed E-state index contributed by atoms with van der Waals surface area (Å²) >= 11 is 1.70. The van der Waals surface area contributed by atoms with Crippen LogP contribution >= 0.6 is 11.3 Å². The van der Waals surface area contributed by atoms with Crippen molar-refractivity contribution in [1.82, 2.24) is 4.98 Å². The van der Waals surface area contributed by atoms with Gasteiger partial charge in [-0.25, -0.2) is 4.98 Å². The van der Waals surface area contributed by atoms with Gasteiger partial charge >= 0.3 is 0 Å². The Balaban J connectivity index is 0.000000686. The second-order valence-electron chi connectivity index (χ2n) is 3.38. The number of aryl methyl sites for hydroxylation is 1. The predicted molar refractivity (Wildman–Crippen MR) is 74.0 cm³/mol. The Morgan fingerprint density at radius 1 is 1.18 bits per heavy atom. The highest BCUT2D eigenvalue weighted by atomic mass is 32.1. The molecule has 0 bridgehead atoms. The van der Waals surface area contributed by atoms with E-state index in [-0.39, 0.29) is 0 Å². The Hall–Kier alpha value is -1.35. The fraction of sp³-hybridized carbons (Fsp3) is 0.357. The van der Waals surface area contributed by atoms with Gasteiger partial charge in [-0.05, 0) is 24.6 Å². The molecule has 17 heavy (non-hydrogen) atoms. The lowest BCUT2D eigenvalue weighted by molar-refractivity contribution is 0.414. The Morgan fingerprint density at radius 3 is 2.29 bits per heavy atom. The zero-order valence-corrected chi connectivity index (χ0v) is 11.7. The molecule has 1 aromatic heterocycles. The van der Waals surface area contributed by atoms with Crippen molar-refractivity contribution in [1.29, 1.82) is 0 Å². The van der Waals surface area contributed by atoms with Crippen molar-refractivity contribution in [2.45, 2.75) is 27.2 Å². The summed E-state index contributed by atoms with van der Waals surface area (Å²) < 4.78 is 5.11. The van der Waals surface area contributed by atoms with E-state index in [4.69, 9.17) is 4.74 Å². The first kappa shape index (κ1) is 13.7. The summed E-state index contributed by atoms with van der Waals surface area (Å²) in [4.78, 5) is 4.44. The van der Waals surface area contributed by atoms with E-state index in [9.17, 15) is 0 Å². The quantitative estimate of drug-likeness (QED) is 0.817. The van der Waals surface area contributed by atoms with Gasteiger partial charge in [-0.2, -0.15) is 0 Å². The van der Waals surface area contributed by atoms with E-state index in [0.717, 1.165) is 22.9 Å². The smallest absolute Gasteiger partial charge is 0.118 e. The molecule has 1 heterocycles. The monoisotopic (exact) mass is 249 g/mol. The maximum atomic E-state index is 5.11. The number of rotatable bonds is 3. The Morgan fingerprint density at radius 2 is 1.82 bits per heavy atom. The van der Waals surface area contributed by atoms with E-state index < -0.39 is 0 Å². The van der Waals surface area contributed by atoms with Crippen molar-refractivity contribution in [3.05, 3.63) is 45.9 Å². The molecule has 0 aliphatic carbocycles. The van der Waals surface area contributed by atoms with Gasteiger partial charge in [0.2, 0.25) is 0 Å². The van der Waals surface area contributed by atoms with Gasteiger partial charge in [0.1, 0.15) is 5.75 Å². The van der Waals surface area contributed by atoms with Gasteiger partial charge in [-0.1, -0.05) is 26.0 Å². The first-order chi connectivity index (χ1) is 8.28. The molecule has 0 saturated heterocycles. The topological polar surface area (TPSA) is 22.1 Å². The predicted octanol–water partition coefficient (Wildman–Crippen LogP) is 4.08. The lowest BCUT2D eigenvalue weighted by atomic mass is 10.1. The van der Waals surface area contributed by atoms with Crippen LogP contribution in [-0.4, -0.2) is 12.1 Å². The molecule has 0 amide bonds. The molecule has 3 heteroatoms. The van der Waals surface area contributed by atoms with Crippen molar-refractivity contribution in [3.63, 3.8) is 0 Å². The summed E-state index contributed by atoms with van der Waals surface area (Å²) in [5.41, 5.74) is 2.41. The SMILES string of the molecule is CC.COc1ccc(Cc2csc(C)n2)cc1. The molecule has 0 aliphatic rings. The standard InChI is InChI=1S/C12H13NOS.C2H6/c1-9-13-11(8-15-9)7-10-3-5-12(14-2)6-4-10;1-2/h3-6,8H,7H2,1-2H3;1-2H3. The number of thiazole rings is 1. The summed E-state index contributed by atoms with van der Waals surface area (Å²) in [7, 11) is 1.68. The fourth-order valence-electron chi connectivity index (χ4n) is 1.44. The normalized spacial score (nSPS) is 9.41. The van der Waals surface area contributed by atoms with E-state index in [1.54, 1.807) is 18.4 Å². The maximum absolute atomic E-state index is 5.11. The van der Waals surface area contributed by atoms with Gasteiger partial charge in [0, 0.05) is 11.8 Å². The minimum atomic E-state index is 0.896. The number of ether oxygens (including phenoxy) is 1. The zero-order chi connectivity index (χ0) is 12.7. The molecule has 2 aromatic rings. The van der Waals surface area contributed by atoms with Crippen molar-refractivity contribution >= 4 is 11.3 Å². The highest BCUT2D eigenvalue weighted by molar-refractivity contribution is 7.09. The highest BCUT2D eigenvalue weighted by Gasteiger charge is 2.00. The third-order valence-corrected chi connectivity index (χ3v) is 3.03. The first-order valence-corrected chi connectivity index (χ1v) is 6.70. The average molecular weight is 249 g/mol. The number of aromatic nitrogens is 1. The zero-order valence-electron chi connectivity index (χ0n) is 10.9. The summed E-state index contributed by atoms with van der Waals surface area (Å²) in [5, 5.41) is 3.23. The van der Waals surface area contributed by atoms with Crippen LogP contribution in [0, 0.1) is 6.92 Å². The largest absolute Gasteiger partial charge is 0.497 e. The molecule has 0 N–H and O–H groups in total. The van der Waals surface area contributed by atoms with Crippen LogP contribution < -0.4 is 4.74 Å². The molecule has 0 fully saturated rings. The molecule has 0 spiro atoms. The molecule has 0 saturated carbocycles. The van der Waals surface area contributed by atoms with E-state index in [1.807, 2.05) is 32.9 Å². The minimum Gasteiger partial charge on any atom is -0.497 e. The van der Waals surface area contributed by atoms with Crippen LogP contribution in [-0.2, 0) is 6.42 Å². The van der Waals surface area contributed by atoms with Gasteiger partial charge in [-0.3, -0.25) is 0 Å². The summed E-state index contributed by atoms with van der Waals surface area (Å²) in [6.45, 7) is 6.03. The minimum absolute atomic E-state index is 0.896. The van der Waals surface area contributed by atoms with Crippen LogP contribution in [0.4, 0.5) is 0 Å². The van der Waals surface area contributed by atoms with Crippen LogP contribution in [0.1, 0.15) is 30.1 Å². The van der Waals surface area contributed by atoms with Crippen LogP contribution in [0.2, 0.25) is 0 Å². The first-order valence-electron chi connectivity index (χ1n) is 5.82. The van der Waals surface area contributed by atoms with Crippen LogP contribution in [0.3, 0.4) is 0 Å². The molecular weight excluding hydrogens is 230 g/mol. The molecule has 0 atom stereocenters. The third-order valence-electron chi connectivity index (χ3n) is 2.21. The number of methoxy groups -OCH3 is 1. The lowest BCUT2D eigenvalue weighted by Crippen LogP contribution is -1.89. The van der Waals surface area contributed by atoms with Crippen molar-refractivity contribution in [3.8, 4) is 5.75 Å². The lowest BCUT2D eigenvalue weighted by Gasteiger charge is -2.01. The fourth-order valence-corrected chi connectivity index (χ4v) is 2.05. The number of hydrogen-bond acceptors (Lipinski definition) is 3. The van der Waals surface area contributed by atoms with E-state index >= 15 is 0 Å². The molecular formula is C14H19NOS. The Bertz CT molecular complexity index is 434. The van der Waals surface area contributed by atoms with E-state index in [1.165, 1.54) is 5.56 Å². The van der Waals surface area contributed by atoms with E-state index in [2.05, 4.69) is 22.5 Å². The third kappa shape index (κ3) is 4.19. The van der Waals surface area contributed by atoms with Gasteiger partial charge in [-0.15, -0.1) is 11.3 Å². The van der Waals surface area contributed by atoms with Gasteiger partial charge in [0.25, 0.3) is 0 Å². The maximum Gasteiger partial charge on any atom is 0.118 e. The second-order valence-corrected chi connectivity index (χ2v) is 4.44. The number of nitrogens with zero attached hydrogens (tertiary/aromatic N) is 1. The molecule has 0 aliphatic heterocycles. The van der Waals surface area contributed by atoms with Gasteiger partial charge in [0.15, 0.2) is 0 Å². The molecule has 92 valence electrons. The second kappa shape index (κ2) is 7.07. The van der Waals surface area contributed by atoms with Crippen molar-refractivity contribution < 1.29 is 4.74 Å². The number of benzene rings is 1. The Kier molecular flexibility index (Phi) is 5.70. The summed E-state index contributed by atoms with van der Waals surface area (Å²) in [6, 6.07) is 8.12. The van der Waals surface area contributed by atoms with Crippen LogP contribution in [0.25, 0.3) is 0 Å². The van der Waals surface area contributed by atoms with Gasteiger partial charge < -0.3 is 4.74 Å². The van der Waals surface area contributed by atoms with Gasteiger partial charge in [0.05, 0.1) is 17.8 Å². The van der Waals surface area contributed by atoms with Crippen LogP contribution in [0.15, 0.2) is 29.6 Å². The van der Waals surface area contributed by atoms with E-state index in [0.29, 0.717) is 0 Å². The summed E-state index contributed by atoms with van der Waals surface area (Å²) in [5.74, 6) is 0.896. The molecule has 2 rings (SSSR count). The molecule has 1 aromatic carbocycles. The number of hydrogen-bond donors (Lipinski definition) is 0. The molecule has 2 nitrogen and oxygen atoms in total. The van der Waals surface area contributed by atoms with Crippen LogP contribution in [0.5, 0.6) is 5.75 Å². The molecule has 0 unspecified atom stereocenters. The average Bonchev–Trinajstić information content (AvgIpc) is 2.78. The highest BCUT2D eigenvalue weighted by Crippen LogP contribution is 2.16. The molecule has 0 radical (unpaired) electrons. The Labute approximate surface area is 107 Å². The van der Waals surface area contributed by atoms with Crippen molar-refractivity contribution in [2.24, 2.45) is 0 Å².